The summed E-state index contributed by atoms with van der Waals surface area (Å²) in [6.45, 7) is 10.1. The average molecular weight is 240 g/mol. The van der Waals surface area contributed by atoms with Crippen molar-refractivity contribution in [1.82, 2.24) is 15.5 Å². The van der Waals surface area contributed by atoms with Gasteiger partial charge in [0.15, 0.2) is 5.96 Å². The summed E-state index contributed by atoms with van der Waals surface area (Å²) in [6, 6.07) is 0. The summed E-state index contributed by atoms with van der Waals surface area (Å²) in [5.41, 5.74) is 0. The third-order valence-electron chi connectivity index (χ3n) is 3.23. The van der Waals surface area contributed by atoms with E-state index in [0.717, 1.165) is 37.9 Å². The summed E-state index contributed by atoms with van der Waals surface area (Å²) in [5.74, 6) is 1.79. The Hall–Kier alpha value is -0.770. The third kappa shape index (κ3) is 5.91. The third-order valence-corrected chi connectivity index (χ3v) is 3.23. The number of piperidine rings is 1. The van der Waals surface area contributed by atoms with Gasteiger partial charge in [0.25, 0.3) is 0 Å². The topological polar surface area (TPSA) is 39.7 Å². The predicted molar refractivity (Wildman–Crippen MR) is 74.5 cm³/mol. The van der Waals surface area contributed by atoms with Crippen molar-refractivity contribution in [2.45, 2.75) is 33.1 Å². The minimum absolute atomic E-state index is 0.862. The summed E-state index contributed by atoms with van der Waals surface area (Å²) in [5, 5.41) is 6.65. The molecule has 1 heterocycles. The first-order valence-electron chi connectivity index (χ1n) is 6.93. The molecule has 1 fully saturated rings. The van der Waals surface area contributed by atoms with Gasteiger partial charge in [-0.05, 0) is 31.7 Å². The summed E-state index contributed by atoms with van der Waals surface area (Å²) in [4.78, 5) is 6.75. The van der Waals surface area contributed by atoms with Crippen molar-refractivity contribution in [2.24, 2.45) is 10.9 Å². The molecule has 1 saturated heterocycles. The van der Waals surface area contributed by atoms with E-state index >= 15 is 0 Å². The zero-order valence-electron chi connectivity index (χ0n) is 11.6. The monoisotopic (exact) mass is 240 g/mol. The molecule has 1 unspecified atom stereocenters. The summed E-state index contributed by atoms with van der Waals surface area (Å²) >= 11 is 0. The fourth-order valence-corrected chi connectivity index (χ4v) is 2.29. The normalized spacial score (nSPS) is 22.5. The second-order valence-electron chi connectivity index (χ2n) is 4.97. The Kier molecular flexibility index (Phi) is 7.01. The van der Waals surface area contributed by atoms with Gasteiger partial charge in [0.1, 0.15) is 0 Å². The molecule has 0 aromatic carbocycles. The molecule has 100 valence electrons. The number of hydrogen-bond acceptors (Lipinski definition) is 2. The second kappa shape index (κ2) is 8.34. The molecule has 0 bridgehead atoms. The Morgan fingerprint density at radius 1 is 1.35 bits per heavy atom. The van der Waals surface area contributed by atoms with Crippen LogP contribution in [0.5, 0.6) is 0 Å². The molecule has 0 saturated carbocycles. The van der Waals surface area contributed by atoms with E-state index < -0.39 is 0 Å². The first-order chi connectivity index (χ1) is 8.26. The van der Waals surface area contributed by atoms with E-state index in [-0.39, 0.29) is 0 Å². The summed E-state index contributed by atoms with van der Waals surface area (Å²) in [6.07, 6.45) is 3.87. The van der Waals surface area contributed by atoms with Gasteiger partial charge in [-0.2, -0.15) is 0 Å². The highest BCUT2D eigenvalue weighted by Crippen LogP contribution is 2.14. The van der Waals surface area contributed by atoms with Crippen LogP contribution >= 0.6 is 0 Å². The maximum absolute atomic E-state index is 4.20. The number of nitrogens with one attached hydrogen (secondary N) is 2. The number of hydrogen-bond donors (Lipinski definition) is 2. The maximum Gasteiger partial charge on any atom is 0.191 e. The van der Waals surface area contributed by atoms with Gasteiger partial charge in [-0.25, -0.2) is 0 Å². The van der Waals surface area contributed by atoms with E-state index in [1.807, 2.05) is 7.05 Å². The Morgan fingerprint density at radius 2 is 2.12 bits per heavy atom. The van der Waals surface area contributed by atoms with Crippen LogP contribution in [-0.2, 0) is 0 Å². The lowest BCUT2D eigenvalue weighted by atomic mass is 10.0. The first-order valence-corrected chi connectivity index (χ1v) is 6.93. The molecule has 1 aliphatic heterocycles. The van der Waals surface area contributed by atoms with Crippen LogP contribution in [0.1, 0.15) is 33.1 Å². The molecule has 0 aromatic rings. The van der Waals surface area contributed by atoms with Gasteiger partial charge in [0, 0.05) is 33.2 Å². The van der Waals surface area contributed by atoms with Crippen LogP contribution in [0.2, 0.25) is 0 Å². The molecule has 0 spiro atoms. The van der Waals surface area contributed by atoms with Crippen molar-refractivity contribution in [3.63, 3.8) is 0 Å². The summed E-state index contributed by atoms with van der Waals surface area (Å²) in [7, 11) is 1.83. The van der Waals surface area contributed by atoms with Crippen molar-refractivity contribution < 1.29 is 0 Å². The van der Waals surface area contributed by atoms with Gasteiger partial charge in [-0.3, -0.25) is 4.99 Å². The van der Waals surface area contributed by atoms with Crippen molar-refractivity contribution in [1.29, 1.82) is 0 Å². The highest BCUT2D eigenvalue weighted by Gasteiger charge is 2.15. The Morgan fingerprint density at radius 3 is 2.76 bits per heavy atom. The van der Waals surface area contributed by atoms with Gasteiger partial charge in [-0.15, -0.1) is 0 Å². The molecule has 0 aliphatic carbocycles. The Balaban J connectivity index is 2.13. The highest BCUT2D eigenvalue weighted by molar-refractivity contribution is 5.79. The number of nitrogens with zero attached hydrogens (tertiary/aromatic N) is 2. The quantitative estimate of drug-likeness (QED) is 0.562. The molecule has 2 N–H and O–H groups in total. The number of likely N-dealkylation sites (tertiary alicyclic amines) is 1. The van der Waals surface area contributed by atoms with Gasteiger partial charge >= 0.3 is 0 Å². The van der Waals surface area contributed by atoms with Gasteiger partial charge in [0.2, 0.25) is 0 Å². The lowest BCUT2D eigenvalue weighted by molar-refractivity contribution is 0.187. The SMILES string of the molecule is CCCNC(=NC)NCCN1CCCC(C)C1. The molecule has 0 amide bonds. The molecule has 0 radical (unpaired) electrons. The molecule has 4 heteroatoms. The second-order valence-corrected chi connectivity index (χ2v) is 4.97. The van der Waals surface area contributed by atoms with Crippen LogP contribution in [-0.4, -0.2) is 50.6 Å². The Labute approximate surface area is 106 Å². The van der Waals surface area contributed by atoms with Crippen molar-refractivity contribution in [3.05, 3.63) is 0 Å². The number of aliphatic imine (C=N–C) groups is 1. The van der Waals surface area contributed by atoms with Crippen LogP contribution in [0, 0.1) is 5.92 Å². The average Bonchev–Trinajstić information content (AvgIpc) is 2.33. The molecular formula is C13H28N4. The van der Waals surface area contributed by atoms with Crippen LogP contribution in [0.3, 0.4) is 0 Å². The van der Waals surface area contributed by atoms with Gasteiger partial charge in [0.05, 0.1) is 0 Å². The van der Waals surface area contributed by atoms with Crippen LogP contribution in [0.15, 0.2) is 4.99 Å². The Bertz CT molecular complexity index is 227. The zero-order valence-corrected chi connectivity index (χ0v) is 11.6. The molecule has 0 aromatic heterocycles. The van der Waals surface area contributed by atoms with E-state index in [1.165, 1.54) is 25.9 Å². The van der Waals surface area contributed by atoms with E-state index in [0.29, 0.717) is 0 Å². The maximum atomic E-state index is 4.20. The fourth-order valence-electron chi connectivity index (χ4n) is 2.29. The van der Waals surface area contributed by atoms with Crippen LogP contribution in [0.25, 0.3) is 0 Å². The van der Waals surface area contributed by atoms with E-state index in [9.17, 15) is 0 Å². The standard InChI is InChI=1S/C13H28N4/c1-4-7-15-13(14-3)16-8-10-17-9-5-6-12(2)11-17/h12H,4-11H2,1-3H3,(H2,14,15,16). The predicted octanol–water partition coefficient (Wildman–Crippen LogP) is 1.29. The van der Waals surface area contributed by atoms with Gasteiger partial charge in [-0.1, -0.05) is 13.8 Å². The van der Waals surface area contributed by atoms with Crippen molar-refractivity contribution >= 4 is 5.96 Å². The minimum Gasteiger partial charge on any atom is -0.356 e. The largest absolute Gasteiger partial charge is 0.356 e. The molecule has 1 aliphatic rings. The van der Waals surface area contributed by atoms with Gasteiger partial charge < -0.3 is 15.5 Å². The number of rotatable bonds is 5. The van der Waals surface area contributed by atoms with Crippen LogP contribution < -0.4 is 10.6 Å². The number of guanidine groups is 1. The van der Waals surface area contributed by atoms with Crippen molar-refractivity contribution in [2.75, 3.05) is 39.8 Å². The van der Waals surface area contributed by atoms with Crippen LogP contribution in [0.4, 0.5) is 0 Å². The fraction of sp³-hybridized carbons (Fsp3) is 0.923. The lowest BCUT2D eigenvalue weighted by Crippen LogP contribution is -2.43. The smallest absolute Gasteiger partial charge is 0.191 e. The van der Waals surface area contributed by atoms with Crippen molar-refractivity contribution in [3.8, 4) is 0 Å². The molecule has 17 heavy (non-hydrogen) atoms. The van der Waals surface area contributed by atoms with E-state index in [1.54, 1.807) is 0 Å². The minimum atomic E-state index is 0.862. The first kappa shape index (κ1) is 14.3. The molecule has 1 atom stereocenters. The molecule has 1 rings (SSSR count). The lowest BCUT2D eigenvalue weighted by Gasteiger charge is -2.30. The molecule has 4 nitrogen and oxygen atoms in total. The van der Waals surface area contributed by atoms with E-state index in [4.69, 9.17) is 0 Å². The molecular weight excluding hydrogens is 212 g/mol. The van der Waals surface area contributed by atoms with E-state index in [2.05, 4.69) is 34.4 Å². The zero-order chi connectivity index (χ0) is 12.5. The summed E-state index contributed by atoms with van der Waals surface area (Å²) < 4.78 is 0. The highest BCUT2D eigenvalue weighted by atomic mass is 15.2.